The first-order valence-corrected chi connectivity index (χ1v) is 9.38. The van der Waals surface area contributed by atoms with E-state index in [1.165, 1.54) is 12.0 Å². The highest BCUT2D eigenvalue weighted by Crippen LogP contribution is 2.28. The van der Waals surface area contributed by atoms with E-state index >= 15 is 0 Å². The van der Waals surface area contributed by atoms with E-state index in [9.17, 15) is 0 Å². The fourth-order valence-electron chi connectivity index (χ4n) is 3.27. The van der Waals surface area contributed by atoms with Crippen LogP contribution in [0.3, 0.4) is 0 Å². The molecule has 4 rings (SSSR count). The molecule has 1 aliphatic heterocycles. The van der Waals surface area contributed by atoms with Gasteiger partial charge < -0.3 is 16.0 Å². The van der Waals surface area contributed by atoms with E-state index < -0.39 is 0 Å². The van der Waals surface area contributed by atoms with E-state index in [2.05, 4.69) is 31.0 Å². The Morgan fingerprint density at radius 2 is 2.15 bits per heavy atom. The molecule has 0 unspecified atom stereocenters. The maximum Gasteiger partial charge on any atom is 0.229 e. The number of rotatable bonds is 5. The van der Waals surface area contributed by atoms with Crippen LogP contribution in [0.25, 0.3) is 5.69 Å². The molecule has 8 heteroatoms. The minimum atomic E-state index is 0.375. The van der Waals surface area contributed by atoms with Crippen molar-refractivity contribution in [1.82, 2.24) is 25.1 Å². The van der Waals surface area contributed by atoms with Crippen molar-refractivity contribution in [1.29, 1.82) is 0 Å². The van der Waals surface area contributed by atoms with Crippen LogP contribution in [-0.2, 0) is 0 Å². The molecule has 1 aliphatic rings. The summed E-state index contributed by atoms with van der Waals surface area (Å²) >= 11 is 6.43. The van der Waals surface area contributed by atoms with Crippen LogP contribution in [0.15, 0.2) is 36.7 Å². The van der Waals surface area contributed by atoms with Crippen LogP contribution in [0.5, 0.6) is 0 Å². The molecule has 3 aromatic rings. The van der Waals surface area contributed by atoms with E-state index in [4.69, 9.17) is 11.6 Å². The number of nitrogens with zero attached hydrogens (tertiary/aromatic N) is 4. The first kappa shape index (κ1) is 17.8. The Hall–Kier alpha value is -2.64. The number of halogens is 1. The Bertz CT molecular complexity index is 947. The maximum absolute atomic E-state index is 6.43. The van der Waals surface area contributed by atoms with Gasteiger partial charge in [-0.1, -0.05) is 11.6 Å². The second kappa shape index (κ2) is 7.54. The minimum absolute atomic E-state index is 0.375. The zero-order valence-corrected chi connectivity index (χ0v) is 16.1. The molecule has 1 aromatic carbocycles. The zero-order chi connectivity index (χ0) is 18.8. The summed E-state index contributed by atoms with van der Waals surface area (Å²) in [7, 11) is 1.83. The number of hydrogen-bond acceptors (Lipinski definition) is 6. The summed E-state index contributed by atoms with van der Waals surface area (Å²) < 4.78 is 1.82. The minimum Gasteiger partial charge on any atom is -0.373 e. The second-order valence-corrected chi connectivity index (χ2v) is 7.03. The van der Waals surface area contributed by atoms with Crippen molar-refractivity contribution >= 4 is 29.1 Å². The summed E-state index contributed by atoms with van der Waals surface area (Å²) in [6, 6.07) is 7.97. The molecule has 1 saturated heterocycles. The van der Waals surface area contributed by atoms with Gasteiger partial charge in [0.2, 0.25) is 5.95 Å². The summed E-state index contributed by atoms with van der Waals surface area (Å²) in [4.78, 5) is 8.86. The standard InChI is InChI=1S/C19H22ClN7/c1-12-8-18(21-2)26-19(24-12)25-14-5-6-15(20)17(9-14)27-11-13(10-23-27)16-4-3-7-22-16/h5-6,8-11,16,22H,3-4,7H2,1-2H3,(H2,21,24,25,26)/t16-/m1/s1. The molecule has 27 heavy (non-hydrogen) atoms. The molecule has 7 nitrogen and oxygen atoms in total. The monoisotopic (exact) mass is 383 g/mol. The Morgan fingerprint density at radius 3 is 2.93 bits per heavy atom. The average molecular weight is 384 g/mol. The lowest BCUT2D eigenvalue weighted by Gasteiger charge is -2.11. The van der Waals surface area contributed by atoms with Gasteiger partial charge in [0.15, 0.2) is 0 Å². The van der Waals surface area contributed by atoms with Crippen molar-refractivity contribution in [2.45, 2.75) is 25.8 Å². The number of nitrogens with one attached hydrogen (secondary N) is 3. The molecule has 0 aliphatic carbocycles. The van der Waals surface area contributed by atoms with Gasteiger partial charge in [-0.25, -0.2) is 9.67 Å². The molecule has 3 N–H and O–H groups in total. The lowest BCUT2D eigenvalue weighted by molar-refractivity contribution is 0.647. The first-order chi connectivity index (χ1) is 13.1. The quantitative estimate of drug-likeness (QED) is 0.621. The van der Waals surface area contributed by atoms with Crippen molar-refractivity contribution in [2.75, 3.05) is 24.2 Å². The fraction of sp³-hybridized carbons (Fsp3) is 0.316. The molecule has 0 amide bonds. The van der Waals surface area contributed by atoms with Crippen LogP contribution in [0.2, 0.25) is 5.02 Å². The molecule has 0 bridgehead atoms. The van der Waals surface area contributed by atoms with Gasteiger partial charge >= 0.3 is 0 Å². The Labute approximate surface area is 163 Å². The number of anilines is 3. The van der Waals surface area contributed by atoms with Gasteiger partial charge in [0.1, 0.15) is 5.82 Å². The van der Waals surface area contributed by atoms with Gasteiger partial charge in [0.05, 0.1) is 16.9 Å². The molecule has 1 atom stereocenters. The number of hydrogen-bond donors (Lipinski definition) is 3. The smallest absolute Gasteiger partial charge is 0.229 e. The summed E-state index contributed by atoms with van der Waals surface area (Å²) in [6.45, 7) is 2.99. The molecule has 0 spiro atoms. The van der Waals surface area contributed by atoms with E-state index in [1.54, 1.807) is 0 Å². The lowest BCUT2D eigenvalue weighted by atomic mass is 10.1. The predicted octanol–water partition coefficient (Wildman–Crippen LogP) is 3.83. The summed E-state index contributed by atoms with van der Waals surface area (Å²) in [5, 5.41) is 14.9. The SMILES string of the molecule is CNc1cc(C)nc(Nc2ccc(Cl)c(-n3cc([C@H]4CCCN4)cn3)c2)n1. The van der Waals surface area contributed by atoms with Crippen molar-refractivity contribution in [3.8, 4) is 5.69 Å². The maximum atomic E-state index is 6.43. The van der Waals surface area contributed by atoms with Gasteiger partial charge in [-0.15, -0.1) is 0 Å². The van der Waals surface area contributed by atoms with Gasteiger partial charge in [0.25, 0.3) is 0 Å². The average Bonchev–Trinajstić information content (AvgIpc) is 3.34. The van der Waals surface area contributed by atoms with Crippen LogP contribution in [-0.4, -0.2) is 33.3 Å². The molecular weight excluding hydrogens is 362 g/mol. The van der Waals surface area contributed by atoms with Crippen LogP contribution in [0.1, 0.15) is 30.1 Å². The van der Waals surface area contributed by atoms with Crippen LogP contribution in [0, 0.1) is 6.92 Å². The van der Waals surface area contributed by atoms with E-state index in [0.717, 1.165) is 35.9 Å². The highest BCUT2D eigenvalue weighted by molar-refractivity contribution is 6.32. The highest BCUT2D eigenvalue weighted by Gasteiger charge is 2.18. The normalized spacial score (nSPS) is 16.5. The molecule has 0 radical (unpaired) electrons. The molecular formula is C19H22ClN7. The molecule has 3 heterocycles. The van der Waals surface area contributed by atoms with Gasteiger partial charge in [0, 0.05) is 42.3 Å². The van der Waals surface area contributed by atoms with Crippen molar-refractivity contribution in [3.63, 3.8) is 0 Å². The summed E-state index contributed by atoms with van der Waals surface area (Å²) in [5.74, 6) is 1.30. The van der Waals surface area contributed by atoms with Crippen molar-refractivity contribution in [3.05, 3.63) is 52.9 Å². The van der Waals surface area contributed by atoms with E-state index in [0.29, 0.717) is 17.0 Å². The van der Waals surface area contributed by atoms with Gasteiger partial charge in [-0.05, 0) is 44.5 Å². The molecule has 0 saturated carbocycles. The van der Waals surface area contributed by atoms with Gasteiger partial charge in [-0.3, -0.25) is 0 Å². The first-order valence-electron chi connectivity index (χ1n) is 9.01. The van der Waals surface area contributed by atoms with E-state index in [-0.39, 0.29) is 0 Å². The van der Waals surface area contributed by atoms with Gasteiger partial charge in [-0.2, -0.15) is 10.1 Å². The molecule has 140 valence electrons. The predicted molar refractivity (Wildman–Crippen MR) is 108 cm³/mol. The number of aromatic nitrogens is 4. The Morgan fingerprint density at radius 1 is 1.26 bits per heavy atom. The Kier molecular flexibility index (Phi) is 4.96. The highest BCUT2D eigenvalue weighted by atomic mass is 35.5. The van der Waals surface area contributed by atoms with Crippen LogP contribution in [0.4, 0.5) is 17.5 Å². The summed E-state index contributed by atoms with van der Waals surface area (Å²) in [5.41, 5.74) is 3.72. The number of aryl methyl sites for hydroxylation is 1. The topological polar surface area (TPSA) is 79.7 Å². The second-order valence-electron chi connectivity index (χ2n) is 6.63. The fourth-order valence-corrected chi connectivity index (χ4v) is 3.47. The molecule has 1 fully saturated rings. The third-order valence-corrected chi connectivity index (χ3v) is 4.94. The lowest BCUT2D eigenvalue weighted by Crippen LogP contribution is -2.12. The number of benzene rings is 1. The van der Waals surface area contributed by atoms with Crippen molar-refractivity contribution < 1.29 is 0 Å². The third kappa shape index (κ3) is 3.89. The zero-order valence-electron chi connectivity index (χ0n) is 15.3. The molecule has 2 aromatic heterocycles. The van der Waals surface area contributed by atoms with E-state index in [1.807, 2.05) is 55.3 Å². The van der Waals surface area contributed by atoms with Crippen LogP contribution < -0.4 is 16.0 Å². The largest absolute Gasteiger partial charge is 0.373 e. The summed E-state index contributed by atoms with van der Waals surface area (Å²) in [6.07, 6.45) is 6.28. The third-order valence-electron chi connectivity index (χ3n) is 4.62. The van der Waals surface area contributed by atoms with Crippen LogP contribution >= 0.6 is 11.6 Å². The van der Waals surface area contributed by atoms with Crippen molar-refractivity contribution in [2.24, 2.45) is 0 Å². The Balaban J connectivity index is 1.61.